The van der Waals surface area contributed by atoms with Crippen LogP contribution in [0.25, 0.3) is 0 Å². The van der Waals surface area contributed by atoms with E-state index in [0.29, 0.717) is 57.7 Å². The van der Waals surface area contributed by atoms with E-state index in [1.165, 1.54) is 12.1 Å². The van der Waals surface area contributed by atoms with Crippen molar-refractivity contribution in [3.63, 3.8) is 0 Å². The Hall–Kier alpha value is -2.38. The van der Waals surface area contributed by atoms with Gasteiger partial charge in [-0.2, -0.15) is 39.5 Å². The lowest BCUT2D eigenvalue weighted by molar-refractivity contribution is -0.308. The average molecular weight is 576 g/mol. The molecule has 3 heterocycles. The predicted molar refractivity (Wildman–Crippen MR) is 123 cm³/mol. The van der Waals surface area contributed by atoms with Gasteiger partial charge in [-0.25, -0.2) is 4.79 Å². The lowest BCUT2D eigenvalue weighted by Crippen LogP contribution is -2.48. The van der Waals surface area contributed by atoms with Gasteiger partial charge < -0.3 is 14.5 Å². The molecular formula is C25H30F9N3O2. The molecule has 0 saturated carbocycles. The Morgan fingerprint density at radius 1 is 0.846 bits per heavy atom. The molecule has 3 saturated heterocycles. The van der Waals surface area contributed by atoms with Gasteiger partial charge in [0.25, 0.3) is 6.10 Å². The van der Waals surface area contributed by atoms with Gasteiger partial charge in [0, 0.05) is 38.4 Å². The minimum atomic E-state index is -5.78. The van der Waals surface area contributed by atoms with Gasteiger partial charge >= 0.3 is 24.6 Å². The van der Waals surface area contributed by atoms with E-state index in [1.807, 2.05) is 4.90 Å². The number of benzene rings is 1. The summed E-state index contributed by atoms with van der Waals surface area (Å²) in [7, 11) is 0. The van der Waals surface area contributed by atoms with E-state index in [4.69, 9.17) is 0 Å². The van der Waals surface area contributed by atoms with Crippen molar-refractivity contribution in [1.29, 1.82) is 0 Å². The van der Waals surface area contributed by atoms with Crippen LogP contribution in [0, 0.1) is 5.41 Å². The number of anilines is 1. The molecule has 220 valence electrons. The molecule has 0 bridgehead atoms. The molecule has 3 aliphatic heterocycles. The monoisotopic (exact) mass is 575 g/mol. The fourth-order valence-corrected chi connectivity index (χ4v) is 5.72. The van der Waals surface area contributed by atoms with Crippen molar-refractivity contribution >= 4 is 11.8 Å². The van der Waals surface area contributed by atoms with E-state index >= 15 is 0 Å². The largest absolute Gasteiger partial charge is 0.434 e. The highest BCUT2D eigenvalue weighted by atomic mass is 19.4. The second kappa shape index (κ2) is 10.9. The maximum Gasteiger partial charge on any atom is 0.434 e. The Labute approximate surface area is 219 Å². The summed E-state index contributed by atoms with van der Waals surface area (Å²) in [5, 5.41) is 0. The normalized spacial score (nSPS) is 21.2. The zero-order chi connectivity index (χ0) is 28.6. The minimum Gasteiger partial charge on any atom is -0.426 e. The Bertz CT molecular complexity index is 998. The summed E-state index contributed by atoms with van der Waals surface area (Å²) in [4.78, 5) is 17.1. The highest BCUT2D eigenvalue weighted by molar-refractivity contribution is 5.68. The van der Waals surface area contributed by atoms with Crippen LogP contribution in [0.1, 0.15) is 49.7 Å². The number of halogens is 9. The van der Waals surface area contributed by atoms with Gasteiger partial charge in [-0.05, 0) is 74.7 Å². The number of amides is 1. The van der Waals surface area contributed by atoms with Crippen LogP contribution in [0.3, 0.4) is 0 Å². The van der Waals surface area contributed by atoms with Gasteiger partial charge in [-0.1, -0.05) is 6.07 Å². The molecule has 0 unspecified atom stereocenters. The number of alkyl halides is 9. The fraction of sp³-hybridized carbons (Fsp3) is 0.720. The van der Waals surface area contributed by atoms with E-state index < -0.39 is 41.7 Å². The maximum absolute atomic E-state index is 13.4. The quantitative estimate of drug-likeness (QED) is 0.379. The van der Waals surface area contributed by atoms with Crippen LogP contribution in [-0.2, 0) is 17.5 Å². The van der Waals surface area contributed by atoms with Gasteiger partial charge in [0.15, 0.2) is 0 Å². The van der Waals surface area contributed by atoms with Gasteiger partial charge in [0.05, 0.1) is 5.56 Å². The van der Waals surface area contributed by atoms with Crippen molar-refractivity contribution < 1.29 is 49.0 Å². The predicted octanol–water partition coefficient (Wildman–Crippen LogP) is 6.61. The smallest absolute Gasteiger partial charge is 0.426 e. The first-order chi connectivity index (χ1) is 18.1. The number of carbonyl (C=O) groups is 1. The molecule has 0 atom stereocenters. The number of rotatable bonds is 4. The Morgan fingerprint density at radius 3 is 2.00 bits per heavy atom. The van der Waals surface area contributed by atoms with Crippen molar-refractivity contribution in [3.8, 4) is 0 Å². The second-order valence-corrected chi connectivity index (χ2v) is 10.7. The molecule has 3 aliphatic rings. The first-order valence-corrected chi connectivity index (χ1v) is 12.8. The number of likely N-dealkylation sites (tertiary alicyclic amines) is 2. The van der Waals surface area contributed by atoms with Crippen molar-refractivity contribution in [3.05, 3.63) is 29.3 Å². The first-order valence-electron chi connectivity index (χ1n) is 12.8. The number of ether oxygens (including phenoxy) is 1. The molecule has 1 spiro atoms. The molecule has 4 rings (SSSR count). The second-order valence-electron chi connectivity index (χ2n) is 10.7. The maximum atomic E-state index is 13.4. The molecule has 0 aliphatic carbocycles. The number of hydrogen-bond acceptors (Lipinski definition) is 4. The number of carbonyl (C=O) groups excluding carboxylic acids is 1. The van der Waals surface area contributed by atoms with Crippen LogP contribution in [0.4, 0.5) is 50.0 Å². The van der Waals surface area contributed by atoms with Crippen LogP contribution in [0.2, 0.25) is 0 Å². The van der Waals surface area contributed by atoms with Crippen LogP contribution in [-0.4, -0.2) is 73.6 Å². The molecule has 0 N–H and O–H groups in total. The lowest BCUT2D eigenvalue weighted by Gasteiger charge is -2.40. The van der Waals surface area contributed by atoms with Crippen molar-refractivity contribution in [2.45, 2.75) is 69.7 Å². The van der Waals surface area contributed by atoms with E-state index in [-0.39, 0.29) is 13.1 Å². The van der Waals surface area contributed by atoms with Gasteiger partial charge in [-0.3, -0.25) is 4.90 Å². The summed E-state index contributed by atoms with van der Waals surface area (Å²) in [5.41, 5.74) is 0.157. The zero-order valence-corrected chi connectivity index (χ0v) is 21.1. The molecular weight excluding hydrogens is 545 g/mol. The molecule has 1 aromatic carbocycles. The number of hydrogen-bond donors (Lipinski definition) is 0. The molecule has 14 heteroatoms. The van der Waals surface area contributed by atoms with Gasteiger partial charge in [0.2, 0.25) is 0 Å². The van der Waals surface area contributed by atoms with Crippen molar-refractivity contribution in [2.75, 3.05) is 44.2 Å². The summed E-state index contributed by atoms with van der Waals surface area (Å²) in [5.74, 6) is 0. The van der Waals surface area contributed by atoms with Crippen molar-refractivity contribution in [1.82, 2.24) is 9.80 Å². The van der Waals surface area contributed by atoms with Crippen molar-refractivity contribution in [2.24, 2.45) is 5.41 Å². The number of piperidine rings is 2. The van der Waals surface area contributed by atoms with E-state index in [0.717, 1.165) is 35.8 Å². The Morgan fingerprint density at radius 2 is 1.44 bits per heavy atom. The lowest BCUT2D eigenvalue weighted by atomic mass is 9.77. The molecule has 39 heavy (non-hydrogen) atoms. The fourth-order valence-electron chi connectivity index (χ4n) is 5.72. The third kappa shape index (κ3) is 7.04. The van der Waals surface area contributed by atoms with Gasteiger partial charge in [0.1, 0.15) is 0 Å². The van der Waals surface area contributed by atoms with E-state index in [9.17, 15) is 44.3 Å². The average Bonchev–Trinajstić information content (AvgIpc) is 3.26. The SMILES string of the molecule is O=C(OC(C(F)(F)F)C(F)(F)F)N1CCC2(CCN(Cc3ccc(C(F)(F)F)cc3N3CCCCC3)CC2)C1. The Balaban J connectivity index is 1.38. The van der Waals surface area contributed by atoms with Gasteiger partial charge in [-0.15, -0.1) is 0 Å². The Kier molecular flexibility index (Phi) is 8.26. The van der Waals surface area contributed by atoms with Crippen LogP contribution < -0.4 is 4.90 Å². The standard InChI is InChI=1S/C25H30F9N3O2/c26-23(27,28)18-5-4-17(19(14-18)36-9-2-1-3-10-36)15-35-11-6-22(7-12-35)8-13-37(16-22)21(38)39-20(24(29,30)31)25(32,33)34/h4-5,14,20H,1-3,6-13,15-16H2. The summed E-state index contributed by atoms with van der Waals surface area (Å²) in [6.45, 7) is 2.78. The highest BCUT2D eigenvalue weighted by Gasteiger charge is 2.60. The highest BCUT2D eigenvalue weighted by Crippen LogP contribution is 2.43. The topological polar surface area (TPSA) is 36.0 Å². The molecule has 1 aromatic rings. The molecule has 0 radical (unpaired) electrons. The molecule has 3 fully saturated rings. The third-order valence-corrected chi connectivity index (χ3v) is 7.93. The molecule has 5 nitrogen and oxygen atoms in total. The first kappa shape index (κ1) is 29.6. The minimum absolute atomic E-state index is 0.0125. The van der Waals surface area contributed by atoms with Crippen LogP contribution >= 0.6 is 0 Å². The molecule has 1 amide bonds. The van der Waals surface area contributed by atoms with Crippen LogP contribution in [0.5, 0.6) is 0 Å². The molecule has 0 aromatic heterocycles. The third-order valence-electron chi connectivity index (χ3n) is 7.93. The summed E-state index contributed by atoms with van der Waals surface area (Å²) < 4.78 is 121. The number of nitrogens with zero attached hydrogens (tertiary/aromatic N) is 3. The van der Waals surface area contributed by atoms with Crippen LogP contribution in [0.15, 0.2) is 18.2 Å². The van der Waals surface area contributed by atoms with E-state index in [1.54, 1.807) is 0 Å². The van der Waals surface area contributed by atoms with E-state index in [2.05, 4.69) is 9.64 Å². The zero-order valence-electron chi connectivity index (χ0n) is 21.1. The summed E-state index contributed by atoms with van der Waals surface area (Å²) >= 11 is 0. The summed E-state index contributed by atoms with van der Waals surface area (Å²) in [6.07, 6.45) is -17.5. The summed E-state index contributed by atoms with van der Waals surface area (Å²) in [6, 6.07) is 3.77.